The van der Waals surface area contributed by atoms with E-state index < -0.39 is 0 Å². The smallest absolute Gasteiger partial charge is 0.133 e. The summed E-state index contributed by atoms with van der Waals surface area (Å²) in [5, 5.41) is 8.91. The van der Waals surface area contributed by atoms with Gasteiger partial charge >= 0.3 is 0 Å². The number of nitrogens with zero attached hydrogens (tertiary/aromatic N) is 1. The standard InChI is InChI=1S/C11H11BrN2S2/c12-7-4-10(15-5-7)11-14-9(6-16-11)8-2-1-3-13-8/h4-6,8,13H,1-3H2. The highest BCUT2D eigenvalue weighted by Crippen LogP contribution is 2.34. The second-order valence-corrected chi connectivity index (χ2v) is 6.54. The second kappa shape index (κ2) is 4.56. The largest absolute Gasteiger partial charge is 0.309 e. The molecule has 1 aliphatic rings. The van der Waals surface area contributed by atoms with Gasteiger partial charge < -0.3 is 5.32 Å². The van der Waals surface area contributed by atoms with Crippen molar-refractivity contribution in [3.63, 3.8) is 0 Å². The molecule has 16 heavy (non-hydrogen) atoms. The van der Waals surface area contributed by atoms with Gasteiger partial charge in [0.05, 0.1) is 16.6 Å². The summed E-state index contributed by atoms with van der Waals surface area (Å²) < 4.78 is 1.14. The van der Waals surface area contributed by atoms with Crippen molar-refractivity contribution in [2.24, 2.45) is 0 Å². The van der Waals surface area contributed by atoms with E-state index in [1.54, 1.807) is 22.7 Å². The van der Waals surface area contributed by atoms with Crippen molar-refractivity contribution in [1.82, 2.24) is 10.3 Å². The van der Waals surface area contributed by atoms with E-state index in [0.29, 0.717) is 6.04 Å². The van der Waals surface area contributed by atoms with Gasteiger partial charge in [0.2, 0.25) is 0 Å². The molecule has 3 rings (SSSR count). The van der Waals surface area contributed by atoms with Crippen LogP contribution in [0.15, 0.2) is 21.3 Å². The number of thiazole rings is 1. The lowest BCUT2D eigenvalue weighted by atomic mass is 10.2. The van der Waals surface area contributed by atoms with Crippen molar-refractivity contribution in [3.8, 4) is 9.88 Å². The fourth-order valence-electron chi connectivity index (χ4n) is 1.92. The van der Waals surface area contributed by atoms with Gasteiger partial charge in [-0.2, -0.15) is 0 Å². The third kappa shape index (κ3) is 2.09. The maximum atomic E-state index is 4.72. The van der Waals surface area contributed by atoms with Crippen LogP contribution in [0, 0.1) is 0 Å². The second-order valence-electron chi connectivity index (χ2n) is 3.86. The molecule has 0 aromatic carbocycles. The first-order valence-corrected chi connectivity index (χ1v) is 7.81. The number of rotatable bonds is 2. The molecule has 0 radical (unpaired) electrons. The molecule has 5 heteroatoms. The van der Waals surface area contributed by atoms with Crippen molar-refractivity contribution in [2.75, 3.05) is 6.54 Å². The summed E-state index contributed by atoms with van der Waals surface area (Å²) in [5.74, 6) is 0. The van der Waals surface area contributed by atoms with Crippen LogP contribution in [0.25, 0.3) is 9.88 Å². The Labute approximate surface area is 111 Å². The van der Waals surface area contributed by atoms with Crippen LogP contribution in [-0.4, -0.2) is 11.5 Å². The summed E-state index contributed by atoms with van der Waals surface area (Å²) in [6.45, 7) is 1.13. The molecule has 2 aromatic rings. The van der Waals surface area contributed by atoms with Gasteiger partial charge in [0, 0.05) is 15.2 Å². The number of halogens is 1. The Kier molecular flexibility index (Phi) is 3.11. The molecule has 1 aliphatic heterocycles. The molecule has 2 aromatic heterocycles. The lowest BCUT2D eigenvalue weighted by Gasteiger charge is -2.04. The highest BCUT2D eigenvalue weighted by atomic mass is 79.9. The normalized spacial score (nSPS) is 20.4. The van der Waals surface area contributed by atoms with Crippen LogP contribution in [0.2, 0.25) is 0 Å². The lowest BCUT2D eigenvalue weighted by Crippen LogP contribution is -2.12. The molecule has 1 saturated heterocycles. The maximum absolute atomic E-state index is 4.72. The zero-order valence-corrected chi connectivity index (χ0v) is 11.8. The predicted molar refractivity (Wildman–Crippen MR) is 73.1 cm³/mol. The quantitative estimate of drug-likeness (QED) is 0.904. The van der Waals surface area contributed by atoms with Gasteiger partial charge in [-0.05, 0) is 41.4 Å². The summed E-state index contributed by atoms with van der Waals surface area (Å²) in [4.78, 5) is 5.97. The molecule has 1 fully saturated rings. The SMILES string of the molecule is Brc1csc(-c2nc(C3CCCN3)cs2)c1. The molecule has 84 valence electrons. The molecular formula is C11H11BrN2S2. The zero-order valence-electron chi connectivity index (χ0n) is 8.57. The minimum atomic E-state index is 0.480. The first kappa shape index (κ1) is 10.9. The summed E-state index contributed by atoms with van der Waals surface area (Å²) in [5.41, 5.74) is 1.21. The summed E-state index contributed by atoms with van der Waals surface area (Å²) in [7, 11) is 0. The van der Waals surface area contributed by atoms with E-state index in [4.69, 9.17) is 4.98 Å². The number of hydrogen-bond acceptors (Lipinski definition) is 4. The predicted octanol–water partition coefficient (Wildman–Crippen LogP) is 4.06. The Balaban J connectivity index is 1.87. The van der Waals surface area contributed by atoms with Crippen LogP contribution in [0.3, 0.4) is 0 Å². The number of thiophene rings is 1. The van der Waals surface area contributed by atoms with E-state index in [-0.39, 0.29) is 0 Å². The molecule has 2 nitrogen and oxygen atoms in total. The van der Waals surface area contributed by atoms with Crippen LogP contribution in [-0.2, 0) is 0 Å². The summed E-state index contributed by atoms with van der Waals surface area (Å²) >= 11 is 6.96. The topological polar surface area (TPSA) is 24.9 Å². The minimum Gasteiger partial charge on any atom is -0.309 e. The minimum absolute atomic E-state index is 0.480. The maximum Gasteiger partial charge on any atom is 0.133 e. The highest BCUT2D eigenvalue weighted by Gasteiger charge is 2.19. The van der Waals surface area contributed by atoms with Crippen LogP contribution >= 0.6 is 38.6 Å². The Morgan fingerprint density at radius 1 is 1.38 bits per heavy atom. The van der Waals surface area contributed by atoms with Gasteiger partial charge in [-0.15, -0.1) is 22.7 Å². The van der Waals surface area contributed by atoms with Crippen LogP contribution in [0.1, 0.15) is 24.6 Å². The molecule has 1 unspecified atom stereocenters. The number of hydrogen-bond donors (Lipinski definition) is 1. The van der Waals surface area contributed by atoms with E-state index in [0.717, 1.165) is 16.0 Å². The van der Waals surface area contributed by atoms with Gasteiger partial charge in [0.15, 0.2) is 0 Å². The molecular weight excluding hydrogens is 304 g/mol. The van der Waals surface area contributed by atoms with Gasteiger partial charge in [-0.25, -0.2) is 4.98 Å². The first-order valence-electron chi connectivity index (χ1n) is 5.26. The lowest BCUT2D eigenvalue weighted by molar-refractivity contribution is 0.632. The van der Waals surface area contributed by atoms with Crippen molar-refractivity contribution < 1.29 is 0 Å². The van der Waals surface area contributed by atoms with Crippen LogP contribution in [0.5, 0.6) is 0 Å². The summed E-state index contributed by atoms with van der Waals surface area (Å²) in [6.07, 6.45) is 2.49. The van der Waals surface area contributed by atoms with E-state index in [2.05, 4.69) is 38.1 Å². The first-order chi connectivity index (χ1) is 7.83. The zero-order chi connectivity index (χ0) is 11.0. The van der Waals surface area contributed by atoms with Gasteiger partial charge in [0.1, 0.15) is 5.01 Å². The average molecular weight is 315 g/mol. The molecule has 0 saturated carbocycles. The number of aromatic nitrogens is 1. The van der Waals surface area contributed by atoms with Crippen LogP contribution in [0.4, 0.5) is 0 Å². The summed E-state index contributed by atoms with van der Waals surface area (Å²) in [6, 6.07) is 2.61. The van der Waals surface area contributed by atoms with Crippen molar-refractivity contribution in [1.29, 1.82) is 0 Å². The van der Waals surface area contributed by atoms with Gasteiger partial charge in [-0.1, -0.05) is 0 Å². The van der Waals surface area contributed by atoms with Gasteiger partial charge in [0.25, 0.3) is 0 Å². The van der Waals surface area contributed by atoms with Crippen molar-refractivity contribution in [2.45, 2.75) is 18.9 Å². The Morgan fingerprint density at radius 2 is 2.31 bits per heavy atom. The fraction of sp³-hybridized carbons (Fsp3) is 0.364. The molecule has 0 aliphatic carbocycles. The average Bonchev–Trinajstić information content (AvgIpc) is 2.97. The van der Waals surface area contributed by atoms with E-state index in [9.17, 15) is 0 Å². The highest BCUT2D eigenvalue weighted by molar-refractivity contribution is 9.10. The molecule has 0 amide bonds. The third-order valence-electron chi connectivity index (χ3n) is 2.72. The van der Waals surface area contributed by atoms with E-state index in [1.807, 2.05) is 0 Å². The van der Waals surface area contributed by atoms with E-state index >= 15 is 0 Å². The fourth-order valence-corrected chi connectivity index (χ4v) is 4.30. The Morgan fingerprint density at radius 3 is 3.00 bits per heavy atom. The molecule has 0 spiro atoms. The molecule has 1 N–H and O–H groups in total. The van der Waals surface area contributed by atoms with Crippen molar-refractivity contribution >= 4 is 38.6 Å². The Hall–Kier alpha value is -0.230. The van der Waals surface area contributed by atoms with Gasteiger partial charge in [-0.3, -0.25) is 0 Å². The molecule has 0 bridgehead atoms. The van der Waals surface area contributed by atoms with Crippen molar-refractivity contribution in [3.05, 3.63) is 27.0 Å². The molecule has 3 heterocycles. The Bertz CT molecular complexity index is 486. The van der Waals surface area contributed by atoms with E-state index in [1.165, 1.54) is 23.4 Å². The van der Waals surface area contributed by atoms with Crippen LogP contribution < -0.4 is 5.32 Å². The third-order valence-corrected chi connectivity index (χ3v) is 5.44. The number of nitrogens with one attached hydrogen (secondary N) is 1. The monoisotopic (exact) mass is 314 g/mol. The molecule has 1 atom stereocenters.